The van der Waals surface area contributed by atoms with Crippen LogP contribution in [-0.2, 0) is 6.42 Å². The Bertz CT molecular complexity index is 365. The molecule has 1 aromatic carbocycles. The summed E-state index contributed by atoms with van der Waals surface area (Å²) in [5.74, 6) is 0. The van der Waals surface area contributed by atoms with Crippen molar-refractivity contribution in [3.8, 4) is 0 Å². The molecule has 0 spiro atoms. The molecule has 0 aliphatic rings. The number of carbonyl (C=O) groups is 1. The molecule has 0 bridgehead atoms. The molecule has 3 N–H and O–H groups in total. The van der Waals surface area contributed by atoms with Crippen LogP contribution in [0.2, 0.25) is 0 Å². The number of nitrogens with two attached hydrogens (primary N) is 1. The Morgan fingerprint density at radius 1 is 1.47 bits per heavy atom. The van der Waals surface area contributed by atoms with E-state index >= 15 is 0 Å². The summed E-state index contributed by atoms with van der Waals surface area (Å²) in [6, 6.07) is 7.82. The number of anilines is 1. The SMILES string of the molecule is CCN(C)C(=O)Nc1cccc(CCCN)c1. The van der Waals surface area contributed by atoms with Gasteiger partial charge < -0.3 is 16.0 Å². The van der Waals surface area contributed by atoms with Gasteiger partial charge in [0.1, 0.15) is 0 Å². The summed E-state index contributed by atoms with van der Waals surface area (Å²) in [5, 5.41) is 2.87. The van der Waals surface area contributed by atoms with E-state index in [-0.39, 0.29) is 6.03 Å². The van der Waals surface area contributed by atoms with Gasteiger partial charge in [-0.15, -0.1) is 0 Å². The zero-order chi connectivity index (χ0) is 12.7. The fourth-order valence-electron chi connectivity index (χ4n) is 1.47. The maximum Gasteiger partial charge on any atom is 0.321 e. The minimum atomic E-state index is -0.0801. The third-order valence-electron chi connectivity index (χ3n) is 2.67. The summed E-state index contributed by atoms with van der Waals surface area (Å²) in [7, 11) is 1.77. The predicted molar refractivity (Wildman–Crippen MR) is 71.1 cm³/mol. The molecule has 1 rings (SSSR count). The molecule has 0 aliphatic carbocycles. The van der Waals surface area contributed by atoms with Crippen LogP contribution in [0.25, 0.3) is 0 Å². The summed E-state index contributed by atoms with van der Waals surface area (Å²) in [4.78, 5) is 13.3. The Morgan fingerprint density at radius 3 is 2.88 bits per heavy atom. The van der Waals surface area contributed by atoms with E-state index in [0.29, 0.717) is 13.1 Å². The van der Waals surface area contributed by atoms with Gasteiger partial charge in [0.05, 0.1) is 0 Å². The molecule has 4 nitrogen and oxygen atoms in total. The molecule has 0 aromatic heterocycles. The van der Waals surface area contributed by atoms with E-state index in [9.17, 15) is 4.79 Å². The van der Waals surface area contributed by atoms with Gasteiger partial charge in [0.25, 0.3) is 0 Å². The van der Waals surface area contributed by atoms with Gasteiger partial charge in [-0.05, 0) is 44.0 Å². The molecule has 0 heterocycles. The quantitative estimate of drug-likeness (QED) is 0.820. The lowest BCUT2D eigenvalue weighted by molar-refractivity contribution is 0.224. The Labute approximate surface area is 103 Å². The van der Waals surface area contributed by atoms with Crippen molar-refractivity contribution in [2.45, 2.75) is 19.8 Å². The molecular weight excluding hydrogens is 214 g/mol. The summed E-state index contributed by atoms with van der Waals surface area (Å²) >= 11 is 0. The van der Waals surface area contributed by atoms with Crippen LogP contribution >= 0.6 is 0 Å². The molecule has 0 radical (unpaired) electrons. The van der Waals surface area contributed by atoms with Gasteiger partial charge in [0, 0.05) is 19.3 Å². The van der Waals surface area contributed by atoms with Crippen molar-refractivity contribution >= 4 is 11.7 Å². The van der Waals surface area contributed by atoms with Crippen LogP contribution in [0, 0.1) is 0 Å². The number of hydrogen-bond donors (Lipinski definition) is 2. The maximum absolute atomic E-state index is 11.7. The van der Waals surface area contributed by atoms with Crippen LogP contribution in [0.5, 0.6) is 0 Å². The van der Waals surface area contributed by atoms with Gasteiger partial charge >= 0.3 is 6.03 Å². The monoisotopic (exact) mass is 235 g/mol. The molecule has 0 unspecified atom stereocenters. The summed E-state index contributed by atoms with van der Waals surface area (Å²) in [5.41, 5.74) is 7.52. The number of nitrogens with zero attached hydrogens (tertiary/aromatic N) is 1. The molecule has 0 atom stereocenters. The number of amides is 2. The fraction of sp³-hybridized carbons (Fsp3) is 0.462. The lowest BCUT2D eigenvalue weighted by Gasteiger charge is -2.15. The molecule has 0 fully saturated rings. The van der Waals surface area contributed by atoms with Gasteiger partial charge in [-0.2, -0.15) is 0 Å². The first-order valence-corrected chi connectivity index (χ1v) is 5.98. The van der Waals surface area contributed by atoms with Crippen LogP contribution in [-0.4, -0.2) is 31.1 Å². The Balaban J connectivity index is 2.62. The van der Waals surface area contributed by atoms with E-state index < -0.39 is 0 Å². The van der Waals surface area contributed by atoms with Crippen molar-refractivity contribution in [3.05, 3.63) is 29.8 Å². The van der Waals surface area contributed by atoms with Crippen molar-refractivity contribution in [2.24, 2.45) is 5.73 Å². The number of rotatable bonds is 5. The van der Waals surface area contributed by atoms with Crippen LogP contribution in [0.4, 0.5) is 10.5 Å². The lowest BCUT2D eigenvalue weighted by Crippen LogP contribution is -2.30. The molecule has 2 amide bonds. The molecule has 0 aliphatic heterocycles. The summed E-state index contributed by atoms with van der Waals surface area (Å²) in [6.07, 6.45) is 1.91. The average molecular weight is 235 g/mol. The second-order valence-corrected chi connectivity index (χ2v) is 4.04. The van der Waals surface area contributed by atoms with E-state index in [2.05, 4.69) is 11.4 Å². The van der Waals surface area contributed by atoms with Crippen LogP contribution < -0.4 is 11.1 Å². The minimum absolute atomic E-state index is 0.0801. The van der Waals surface area contributed by atoms with Crippen molar-refractivity contribution in [1.82, 2.24) is 4.90 Å². The Morgan fingerprint density at radius 2 is 2.24 bits per heavy atom. The lowest BCUT2D eigenvalue weighted by atomic mass is 10.1. The number of nitrogens with one attached hydrogen (secondary N) is 1. The van der Waals surface area contributed by atoms with E-state index in [1.807, 2.05) is 25.1 Å². The van der Waals surface area contributed by atoms with E-state index in [4.69, 9.17) is 5.73 Å². The highest BCUT2D eigenvalue weighted by atomic mass is 16.2. The van der Waals surface area contributed by atoms with Gasteiger partial charge in [0.2, 0.25) is 0 Å². The highest BCUT2D eigenvalue weighted by Crippen LogP contribution is 2.12. The normalized spacial score (nSPS) is 10.1. The molecule has 0 saturated carbocycles. The average Bonchev–Trinajstić information content (AvgIpc) is 2.35. The first-order valence-electron chi connectivity index (χ1n) is 5.98. The van der Waals surface area contributed by atoms with E-state index in [1.54, 1.807) is 11.9 Å². The third kappa shape index (κ3) is 4.44. The van der Waals surface area contributed by atoms with Crippen molar-refractivity contribution in [2.75, 3.05) is 25.5 Å². The van der Waals surface area contributed by atoms with Gasteiger partial charge in [-0.25, -0.2) is 4.79 Å². The largest absolute Gasteiger partial charge is 0.330 e. The van der Waals surface area contributed by atoms with Crippen molar-refractivity contribution in [3.63, 3.8) is 0 Å². The number of aryl methyl sites for hydroxylation is 1. The number of carbonyl (C=O) groups excluding carboxylic acids is 1. The molecule has 1 aromatic rings. The van der Waals surface area contributed by atoms with Crippen LogP contribution in [0.3, 0.4) is 0 Å². The number of hydrogen-bond acceptors (Lipinski definition) is 2. The zero-order valence-corrected chi connectivity index (χ0v) is 10.6. The van der Waals surface area contributed by atoms with E-state index in [0.717, 1.165) is 18.5 Å². The first-order chi connectivity index (χ1) is 8.17. The van der Waals surface area contributed by atoms with Crippen molar-refractivity contribution in [1.29, 1.82) is 0 Å². The van der Waals surface area contributed by atoms with Gasteiger partial charge in [-0.3, -0.25) is 0 Å². The second kappa shape index (κ2) is 6.91. The number of benzene rings is 1. The highest BCUT2D eigenvalue weighted by Gasteiger charge is 2.06. The zero-order valence-electron chi connectivity index (χ0n) is 10.6. The second-order valence-electron chi connectivity index (χ2n) is 4.04. The Hall–Kier alpha value is -1.55. The first kappa shape index (κ1) is 13.5. The van der Waals surface area contributed by atoms with Crippen LogP contribution in [0.15, 0.2) is 24.3 Å². The molecular formula is C13H21N3O. The van der Waals surface area contributed by atoms with Crippen molar-refractivity contribution < 1.29 is 4.79 Å². The Kier molecular flexibility index (Phi) is 5.49. The highest BCUT2D eigenvalue weighted by molar-refractivity contribution is 5.89. The summed E-state index contributed by atoms with van der Waals surface area (Å²) in [6.45, 7) is 3.32. The molecule has 4 heteroatoms. The van der Waals surface area contributed by atoms with Gasteiger partial charge in [0.15, 0.2) is 0 Å². The fourth-order valence-corrected chi connectivity index (χ4v) is 1.47. The minimum Gasteiger partial charge on any atom is -0.330 e. The predicted octanol–water partition coefficient (Wildman–Crippen LogP) is 2.06. The number of urea groups is 1. The topological polar surface area (TPSA) is 58.4 Å². The van der Waals surface area contributed by atoms with Crippen LogP contribution in [0.1, 0.15) is 18.9 Å². The molecule has 17 heavy (non-hydrogen) atoms. The standard InChI is InChI=1S/C13H21N3O/c1-3-16(2)13(17)15-12-8-4-6-11(10-12)7-5-9-14/h4,6,8,10H,3,5,7,9,14H2,1-2H3,(H,15,17). The maximum atomic E-state index is 11.7. The third-order valence-corrected chi connectivity index (χ3v) is 2.67. The smallest absolute Gasteiger partial charge is 0.321 e. The van der Waals surface area contributed by atoms with E-state index in [1.165, 1.54) is 5.56 Å². The molecule has 94 valence electrons. The van der Waals surface area contributed by atoms with Gasteiger partial charge in [-0.1, -0.05) is 12.1 Å². The summed E-state index contributed by atoms with van der Waals surface area (Å²) < 4.78 is 0. The molecule has 0 saturated heterocycles.